The van der Waals surface area contributed by atoms with Crippen LogP contribution in [0.3, 0.4) is 0 Å². The number of rotatable bonds is 1. The number of carbonyl (C=O) groups is 1. The summed E-state index contributed by atoms with van der Waals surface area (Å²) in [6.45, 7) is 0. The molecule has 4 N–H and O–H groups in total. The maximum absolute atomic E-state index is 14.4. The molecule has 22 heavy (non-hydrogen) atoms. The summed E-state index contributed by atoms with van der Waals surface area (Å²) in [5, 5.41) is 11.6. The van der Waals surface area contributed by atoms with Crippen molar-refractivity contribution in [3.05, 3.63) is 29.6 Å². The first-order valence-corrected chi connectivity index (χ1v) is 8.28. The van der Waals surface area contributed by atoms with Crippen LogP contribution in [-0.2, 0) is 5.54 Å². The van der Waals surface area contributed by atoms with E-state index in [1.807, 2.05) is 0 Å². The monoisotopic (exact) mass is 323 g/mol. The minimum atomic E-state index is -1.15. The molecular weight excluding hydrogens is 305 g/mol. The first-order valence-electron chi connectivity index (χ1n) is 7.29. The van der Waals surface area contributed by atoms with E-state index in [0.717, 1.165) is 25.0 Å². The third-order valence-corrected chi connectivity index (χ3v) is 5.46. The van der Waals surface area contributed by atoms with Crippen molar-refractivity contribution in [1.82, 2.24) is 5.32 Å². The normalized spacial score (nSPS) is 27.7. The average molecular weight is 323 g/mol. The van der Waals surface area contributed by atoms with E-state index in [1.165, 1.54) is 23.9 Å². The predicted octanol–water partition coefficient (Wildman–Crippen LogP) is 3.16. The molecule has 7 heteroatoms. The Kier molecular flexibility index (Phi) is 3.99. The van der Waals surface area contributed by atoms with Crippen molar-refractivity contribution in [1.29, 1.82) is 0 Å². The van der Waals surface area contributed by atoms with Gasteiger partial charge < -0.3 is 10.8 Å². The molecule has 2 atom stereocenters. The Hall–Kier alpha value is -1.76. The Bertz CT molecular complexity index is 637. The van der Waals surface area contributed by atoms with Gasteiger partial charge in [-0.2, -0.15) is 0 Å². The number of anilines is 1. The summed E-state index contributed by atoms with van der Waals surface area (Å²) in [5.41, 5.74) is 6.12. The first kappa shape index (κ1) is 15.1. The highest BCUT2D eigenvalue weighted by molar-refractivity contribution is 8.13. The predicted molar refractivity (Wildman–Crippen MR) is 85.5 cm³/mol. The first-order chi connectivity index (χ1) is 10.5. The summed E-state index contributed by atoms with van der Waals surface area (Å²) in [4.78, 5) is 15.5. The number of hydrogen-bond donors (Lipinski definition) is 3. The molecule has 1 aromatic rings. The fourth-order valence-corrected chi connectivity index (χ4v) is 4.62. The SMILES string of the molecule is Nc1ccc(F)c(C23CCCCC2CSC(NC(=O)O)=N3)c1. The number of thioether (sulfide) groups is 1. The summed E-state index contributed by atoms with van der Waals surface area (Å²) in [6, 6.07) is 4.54. The minimum absolute atomic E-state index is 0.196. The van der Waals surface area contributed by atoms with Crippen LogP contribution in [0.25, 0.3) is 0 Å². The van der Waals surface area contributed by atoms with Gasteiger partial charge in [0.2, 0.25) is 0 Å². The highest BCUT2D eigenvalue weighted by Crippen LogP contribution is 2.50. The van der Waals surface area contributed by atoms with Gasteiger partial charge in [0.15, 0.2) is 5.17 Å². The summed E-state index contributed by atoms with van der Waals surface area (Å²) in [5.74, 6) is 0.598. The van der Waals surface area contributed by atoms with Crippen molar-refractivity contribution in [2.75, 3.05) is 11.5 Å². The van der Waals surface area contributed by atoms with E-state index in [0.29, 0.717) is 22.8 Å². The topological polar surface area (TPSA) is 87.7 Å². The van der Waals surface area contributed by atoms with Gasteiger partial charge in [0, 0.05) is 17.0 Å². The van der Waals surface area contributed by atoms with Crippen LogP contribution in [0.4, 0.5) is 14.9 Å². The maximum Gasteiger partial charge on any atom is 0.410 e. The molecule has 0 bridgehead atoms. The van der Waals surface area contributed by atoms with Crippen LogP contribution in [0.1, 0.15) is 31.2 Å². The molecular formula is C15H18FN3O2S. The molecule has 1 aliphatic heterocycles. The van der Waals surface area contributed by atoms with E-state index in [-0.39, 0.29) is 11.7 Å². The highest BCUT2D eigenvalue weighted by atomic mass is 32.2. The van der Waals surface area contributed by atoms with Gasteiger partial charge in [-0.25, -0.2) is 9.18 Å². The molecule has 1 fully saturated rings. The molecule has 1 aliphatic carbocycles. The Morgan fingerprint density at radius 3 is 3.09 bits per heavy atom. The van der Waals surface area contributed by atoms with Gasteiger partial charge in [0.25, 0.3) is 0 Å². The van der Waals surface area contributed by atoms with E-state index in [1.54, 1.807) is 6.07 Å². The van der Waals surface area contributed by atoms with Gasteiger partial charge in [-0.3, -0.25) is 10.3 Å². The van der Waals surface area contributed by atoms with Crippen molar-refractivity contribution in [3.8, 4) is 0 Å². The van der Waals surface area contributed by atoms with E-state index >= 15 is 0 Å². The lowest BCUT2D eigenvalue weighted by atomic mass is 9.69. The molecule has 0 spiro atoms. The molecule has 0 saturated heterocycles. The Labute approximate surface area is 132 Å². The molecule has 1 amide bonds. The zero-order chi connectivity index (χ0) is 15.7. The van der Waals surface area contributed by atoms with E-state index < -0.39 is 11.6 Å². The smallest absolute Gasteiger partial charge is 0.410 e. The molecule has 1 heterocycles. The molecule has 0 radical (unpaired) electrons. The third-order valence-electron chi connectivity index (χ3n) is 4.43. The number of fused-ring (bicyclic) bond motifs is 1. The van der Waals surface area contributed by atoms with Crippen molar-refractivity contribution in [2.24, 2.45) is 10.9 Å². The van der Waals surface area contributed by atoms with Crippen LogP contribution in [0, 0.1) is 11.7 Å². The van der Waals surface area contributed by atoms with Gasteiger partial charge in [0.1, 0.15) is 5.82 Å². The van der Waals surface area contributed by atoms with Gasteiger partial charge >= 0.3 is 6.09 Å². The summed E-state index contributed by atoms with van der Waals surface area (Å²) < 4.78 is 14.4. The number of nitrogens with zero attached hydrogens (tertiary/aromatic N) is 1. The lowest BCUT2D eigenvalue weighted by molar-refractivity contribution is 0.197. The van der Waals surface area contributed by atoms with Gasteiger partial charge in [-0.1, -0.05) is 24.6 Å². The number of amides is 1. The molecule has 0 aromatic heterocycles. The van der Waals surface area contributed by atoms with E-state index in [4.69, 9.17) is 10.8 Å². The zero-order valence-electron chi connectivity index (χ0n) is 12.0. The quantitative estimate of drug-likeness (QED) is 0.693. The van der Waals surface area contributed by atoms with Crippen LogP contribution in [0.2, 0.25) is 0 Å². The molecule has 5 nitrogen and oxygen atoms in total. The maximum atomic E-state index is 14.4. The molecule has 1 aromatic carbocycles. The Balaban J connectivity index is 2.10. The van der Waals surface area contributed by atoms with Gasteiger partial charge in [0.05, 0.1) is 5.54 Å². The Morgan fingerprint density at radius 2 is 2.32 bits per heavy atom. The van der Waals surface area contributed by atoms with Crippen LogP contribution in [-0.4, -0.2) is 22.1 Å². The van der Waals surface area contributed by atoms with Gasteiger partial charge in [-0.05, 0) is 37.0 Å². The zero-order valence-corrected chi connectivity index (χ0v) is 12.8. The number of benzene rings is 1. The lowest BCUT2D eigenvalue weighted by Gasteiger charge is -2.44. The standard InChI is InChI=1S/C15H18FN3O2S/c16-12-5-4-10(17)7-11(12)15-6-2-1-3-9(15)8-22-13(19-15)18-14(20)21/h4-5,7,9H,1-3,6,8,17H2,(H,18,19)(H,20,21). The van der Waals surface area contributed by atoms with Crippen molar-refractivity contribution in [3.63, 3.8) is 0 Å². The fraction of sp³-hybridized carbons (Fsp3) is 0.467. The second-order valence-electron chi connectivity index (χ2n) is 5.76. The van der Waals surface area contributed by atoms with Gasteiger partial charge in [-0.15, -0.1) is 0 Å². The second-order valence-corrected chi connectivity index (χ2v) is 6.77. The van der Waals surface area contributed by atoms with Crippen LogP contribution in [0.15, 0.2) is 23.2 Å². The highest BCUT2D eigenvalue weighted by Gasteiger charge is 2.46. The number of nitrogens with two attached hydrogens (primary N) is 1. The van der Waals surface area contributed by atoms with Crippen molar-refractivity contribution in [2.45, 2.75) is 31.2 Å². The molecule has 118 valence electrons. The van der Waals surface area contributed by atoms with Crippen molar-refractivity contribution < 1.29 is 14.3 Å². The second kappa shape index (κ2) is 5.79. The molecule has 2 unspecified atom stereocenters. The number of aliphatic imine (C=N–C) groups is 1. The molecule has 1 saturated carbocycles. The summed E-state index contributed by atoms with van der Waals surface area (Å²) in [7, 11) is 0. The number of hydrogen-bond acceptors (Lipinski definition) is 4. The summed E-state index contributed by atoms with van der Waals surface area (Å²) in [6.07, 6.45) is 2.56. The Morgan fingerprint density at radius 1 is 1.50 bits per heavy atom. The van der Waals surface area contributed by atoms with Crippen LogP contribution >= 0.6 is 11.8 Å². The average Bonchev–Trinajstić information content (AvgIpc) is 2.48. The van der Waals surface area contributed by atoms with E-state index in [2.05, 4.69) is 10.3 Å². The van der Waals surface area contributed by atoms with Crippen molar-refractivity contribution >= 4 is 28.7 Å². The molecule has 2 aliphatic rings. The third kappa shape index (κ3) is 2.65. The number of nitrogens with one attached hydrogen (secondary N) is 1. The summed E-state index contributed by atoms with van der Waals surface area (Å²) >= 11 is 1.38. The number of nitrogen functional groups attached to an aromatic ring is 1. The molecule has 3 rings (SSSR count). The number of carboxylic acid groups (broad SMARTS) is 1. The lowest BCUT2D eigenvalue weighted by Crippen LogP contribution is -2.44. The van der Waals surface area contributed by atoms with E-state index in [9.17, 15) is 9.18 Å². The number of halogens is 1. The van der Waals surface area contributed by atoms with Crippen LogP contribution in [0.5, 0.6) is 0 Å². The fourth-order valence-electron chi connectivity index (χ4n) is 3.43. The number of amidine groups is 1. The largest absolute Gasteiger partial charge is 0.465 e. The minimum Gasteiger partial charge on any atom is -0.465 e. The van der Waals surface area contributed by atoms with Crippen LogP contribution < -0.4 is 11.1 Å².